The molecule has 32 heavy (non-hydrogen) atoms. The molecule has 4 unspecified atom stereocenters. The van der Waals surface area contributed by atoms with Crippen LogP contribution in [0.4, 0.5) is 0 Å². The first-order valence-electron chi connectivity index (χ1n) is 10.8. The number of amides is 4. The molecule has 0 aromatic carbocycles. The highest BCUT2D eigenvalue weighted by molar-refractivity contribution is 6.12. The van der Waals surface area contributed by atoms with E-state index in [0.717, 1.165) is 4.90 Å². The van der Waals surface area contributed by atoms with Crippen LogP contribution in [0.2, 0.25) is 0 Å². The average Bonchev–Trinajstić information content (AvgIpc) is 3.49. The first-order chi connectivity index (χ1) is 15.5. The molecule has 4 atom stereocenters. The van der Waals surface area contributed by atoms with Crippen molar-refractivity contribution in [2.45, 2.75) is 25.6 Å². The van der Waals surface area contributed by atoms with Crippen LogP contribution in [0, 0.1) is 17.3 Å². The summed E-state index contributed by atoms with van der Waals surface area (Å²) >= 11 is 0. The fourth-order valence-electron chi connectivity index (χ4n) is 5.07. The molecule has 5 heterocycles. The van der Waals surface area contributed by atoms with Crippen molar-refractivity contribution in [2.24, 2.45) is 17.3 Å². The molecule has 2 fully saturated rings. The van der Waals surface area contributed by atoms with Gasteiger partial charge in [0.05, 0.1) is 37.4 Å². The summed E-state index contributed by atoms with van der Waals surface area (Å²) in [5.41, 5.74) is -0.687. The number of fused-ring (bicyclic) bond motifs is 1. The van der Waals surface area contributed by atoms with Gasteiger partial charge in [0.15, 0.2) is 0 Å². The van der Waals surface area contributed by atoms with Crippen molar-refractivity contribution in [3.63, 3.8) is 0 Å². The van der Waals surface area contributed by atoms with E-state index in [4.69, 9.17) is 13.9 Å². The summed E-state index contributed by atoms with van der Waals surface area (Å²) in [4.78, 5) is 52.2. The molecule has 4 amide bonds. The number of imide groups is 2. The Morgan fingerprint density at radius 3 is 2.44 bits per heavy atom. The Labute approximate surface area is 184 Å². The van der Waals surface area contributed by atoms with Crippen LogP contribution < -0.4 is 0 Å². The van der Waals surface area contributed by atoms with Crippen LogP contribution in [-0.4, -0.2) is 65.8 Å². The second kappa shape index (κ2) is 8.14. The number of ether oxygens (including phenoxy) is 2. The lowest BCUT2D eigenvalue weighted by atomic mass is 9.64. The maximum absolute atomic E-state index is 13.3. The van der Waals surface area contributed by atoms with Gasteiger partial charge in [0.2, 0.25) is 11.8 Å². The molecule has 0 N–H and O–H groups in total. The minimum Gasteiger partial charge on any atom is -0.467 e. The van der Waals surface area contributed by atoms with Gasteiger partial charge >= 0.3 is 0 Å². The summed E-state index contributed by atoms with van der Waals surface area (Å²) in [6, 6.07) is 3.60. The summed E-state index contributed by atoms with van der Waals surface area (Å²) < 4.78 is 17.0. The summed E-state index contributed by atoms with van der Waals surface area (Å²) in [5, 5.41) is 0. The Hall–Kier alpha value is -3.04. The largest absolute Gasteiger partial charge is 0.467 e. The third kappa shape index (κ3) is 3.41. The first-order valence-corrected chi connectivity index (χ1v) is 10.8. The molecule has 1 aliphatic carbocycles. The van der Waals surface area contributed by atoms with Crippen LogP contribution in [0.15, 0.2) is 47.1 Å². The van der Waals surface area contributed by atoms with Crippen LogP contribution in [0.1, 0.15) is 18.6 Å². The molecular weight excluding hydrogens is 416 g/mol. The van der Waals surface area contributed by atoms with Crippen LogP contribution in [0.5, 0.6) is 0 Å². The lowest BCUT2D eigenvalue weighted by Gasteiger charge is -2.47. The standard InChI is InChI=1S/C23H24N2O7/c26-17-5-6-18(27)24(17)9-1-2-10-25-21(28)19-16-7-8-23(14-32-16,20(19)22(25)29)13-30-12-15-4-3-11-31-15/h3-8,11,16,19-20H,1-2,9-10,12-14H2. The number of hydrogen-bond donors (Lipinski definition) is 0. The maximum Gasteiger partial charge on any atom is 0.253 e. The predicted molar refractivity (Wildman–Crippen MR) is 108 cm³/mol. The van der Waals surface area contributed by atoms with Crippen LogP contribution in [-0.2, 0) is 35.3 Å². The number of unbranched alkanes of at least 4 members (excludes halogenated alkanes) is 1. The minimum atomic E-state index is -0.687. The van der Waals surface area contributed by atoms with Crippen molar-refractivity contribution >= 4 is 23.6 Å². The van der Waals surface area contributed by atoms with E-state index in [1.165, 1.54) is 17.1 Å². The Morgan fingerprint density at radius 2 is 1.78 bits per heavy atom. The van der Waals surface area contributed by atoms with Gasteiger partial charge in [-0.1, -0.05) is 12.2 Å². The van der Waals surface area contributed by atoms with E-state index >= 15 is 0 Å². The third-order valence-electron chi connectivity index (χ3n) is 6.69. The molecule has 168 valence electrons. The molecule has 5 aliphatic rings. The molecule has 4 aliphatic heterocycles. The summed E-state index contributed by atoms with van der Waals surface area (Å²) in [7, 11) is 0. The van der Waals surface area contributed by atoms with Gasteiger partial charge in [0.25, 0.3) is 11.8 Å². The Kier molecular flexibility index (Phi) is 5.30. The monoisotopic (exact) mass is 440 g/mol. The van der Waals surface area contributed by atoms with Gasteiger partial charge in [0, 0.05) is 30.7 Å². The SMILES string of the molecule is O=C1C=CC(=O)N1CCCCN1C(=O)C2C3C=CC(COCc4ccco4)(CO3)C2C1=O. The predicted octanol–water partition coefficient (Wildman–Crippen LogP) is 1.06. The second-order valence-corrected chi connectivity index (χ2v) is 8.64. The number of carbonyl (C=O) groups is 4. The Bertz CT molecular complexity index is 980. The van der Waals surface area contributed by atoms with Gasteiger partial charge in [-0.05, 0) is 25.0 Å². The number of likely N-dealkylation sites (tertiary alicyclic amines) is 1. The number of rotatable bonds is 9. The zero-order chi connectivity index (χ0) is 22.3. The number of nitrogens with zero attached hydrogens (tertiary/aromatic N) is 2. The maximum atomic E-state index is 13.3. The molecule has 0 spiro atoms. The van der Waals surface area contributed by atoms with Gasteiger partial charge < -0.3 is 13.9 Å². The zero-order valence-electron chi connectivity index (χ0n) is 17.5. The topological polar surface area (TPSA) is 106 Å². The fourth-order valence-corrected chi connectivity index (χ4v) is 5.07. The molecule has 6 rings (SSSR count). The lowest BCUT2D eigenvalue weighted by Crippen LogP contribution is -2.55. The van der Waals surface area contributed by atoms with E-state index in [2.05, 4.69) is 0 Å². The van der Waals surface area contributed by atoms with E-state index in [0.29, 0.717) is 25.2 Å². The molecule has 9 nitrogen and oxygen atoms in total. The highest BCUT2D eigenvalue weighted by Gasteiger charge is 2.63. The van der Waals surface area contributed by atoms with Crippen molar-refractivity contribution < 1.29 is 33.1 Å². The Balaban J connectivity index is 1.21. The smallest absolute Gasteiger partial charge is 0.253 e. The van der Waals surface area contributed by atoms with Crippen molar-refractivity contribution in [2.75, 3.05) is 26.3 Å². The van der Waals surface area contributed by atoms with Crippen LogP contribution in [0.3, 0.4) is 0 Å². The molecule has 1 aromatic rings. The Morgan fingerprint density at radius 1 is 1.03 bits per heavy atom. The van der Waals surface area contributed by atoms with E-state index < -0.39 is 23.4 Å². The summed E-state index contributed by atoms with van der Waals surface area (Å²) in [6.07, 6.45) is 8.53. The van der Waals surface area contributed by atoms with Gasteiger partial charge in [-0.25, -0.2) is 0 Å². The van der Waals surface area contributed by atoms with E-state index in [1.54, 1.807) is 12.3 Å². The van der Waals surface area contributed by atoms with Crippen molar-refractivity contribution in [1.29, 1.82) is 0 Å². The first kappa shape index (κ1) is 20.8. The fraction of sp³-hybridized carbons (Fsp3) is 0.478. The second-order valence-electron chi connectivity index (χ2n) is 8.64. The van der Waals surface area contributed by atoms with E-state index in [-0.39, 0.29) is 49.9 Å². The van der Waals surface area contributed by atoms with Gasteiger partial charge in [-0.3, -0.25) is 29.0 Å². The van der Waals surface area contributed by atoms with Gasteiger partial charge in [-0.15, -0.1) is 0 Å². The molecule has 9 heteroatoms. The third-order valence-corrected chi connectivity index (χ3v) is 6.69. The van der Waals surface area contributed by atoms with E-state index in [9.17, 15) is 19.2 Å². The van der Waals surface area contributed by atoms with Gasteiger partial charge in [0.1, 0.15) is 12.4 Å². The van der Waals surface area contributed by atoms with Crippen molar-refractivity contribution in [3.8, 4) is 0 Å². The van der Waals surface area contributed by atoms with Crippen LogP contribution in [0.25, 0.3) is 0 Å². The highest BCUT2D eigenvalue weighted by atomic mass is 16.5. The summed E-state index contributed by atoms with van der Waals surface area (Å²) in [6.45, 7) is 1.37. The summed E-state index contributed by atoms with van der Waals surface area (Å²) in [5.74, 6) is -1.45. The molecule has 2 saturated heterocycles. The van der Waals surface area contributed by atoms with Crippen molar-refractivity contribution in [3.05, 3.63) is 48.5 Å². The van der Waals surface area contributed by atoms with Gasteiger partial charge in [-0.2, -0.15) is 0 Å². The van der Waals surface area contributed by atoms with Crippen molar-refractivity contribution in [1.82, 2.24) is 9.80 Å². The molecule has 0 radical (unpaired) electrons. The molecular formula is C23H24N2O7. The number of hydrogen-bond acceptors (Lipinski definition) is 7. The van der Waals surface area contributed by atoms with E-state index in [1.807, 2.05) is 18.2 Å². The highest BCUT2D eigenvalue weighted by Crippen LogP contribution is 2.51. The molecule has 1 aromatic heterocycles. The number of carbonyl (C=O) groups excluding carboxylic acids is 4. The lowest BCUT2D eigenvalue weighted by molar-refractivity contribution is -0.158. The average molecular weight is 440 g/mol. The quantitative estimate of drug-likeness (QED) is 0.321. The molecule has 0 saturated carbocycles. The minimum absolute atomic E-state index is 0.200. The normalized spacial score (nSPS) is 30.8. The molecule has 2 bridgehead atoms. The number of furan rings is 1. The van der Waals surface area contributed by atoms with Crippen LogP contribution >= 0.6 is 0 Å². The zero-order valence-corrected chi connectivity index (χ0v) is 17.5.